The second-order valence-corrected chi connectivity index (χ2v) is 6.92. The number of aromatic nitrogens is 3. The number of carbonyl (C=O) groups excluding carboxylic acids is 1. The molecule has 0 atom stereocenters. The second kappa shape index (κ2) is 8.66. The number of rotatable bonds is 7. The van der Waals surface area contributed by atoms with Crippen LogP contribution in [0.2, 0.25) is 0 Å². The third-order valence-corrected chi connectivity index (χ3v) is 4.89. The molecule has 1 fully saturated rings. The monoisotopic (exact) mass is 358 g/mol. The van der Waals surface area contributed by atoms with Crippen molar-refractivity contribution in [2.45, 2.75) is 43.8 Å². The van der Waals surface area contributed by atoms with Crippen LogP contribution < -0.4 is 10.7 Å². The van der Waals surface area contributed by atoms with Gasteiger partial charge in [0.1, 0.15) is 0 Å². The maximum atomic E-state index is 11.9. The Balaban J connectivity index is 1.46. The van der Waals surface area contributed by atoms with Crippen molar-refractivity contribution in [3.05, 3.63) is 35.9 Å². The van der Waals surface area contributed by atoms with Crippen LogP contribution in [-0.2, 0) is 4.79 Å². The van der Waals surface area contributed by atoms with Crippen LogP contribution in [0.15, 0.2) is 40.6 Å². The van der Waals surface area contributed by atoms with E-state index in [1.807, 2.05) is 37.3 Å². The molecule has 1 amide bonds. The molecule has 0 bridgehead atoms. The summed E-state index contributed by atoms with van der Waals surface area (Å²) in [7, 11) is 0. The normalized spacial score (nSPS) is 15.3. The van der Waals surface area contributed by atoms with Gasteiger partial charge in [-0.15, -0.1) is 5.10 Å². The molecule has 0 saturated heterocycles. The molecule has 0 unspecified atom stereocenters. The molecule has 1 aliphatic rings. The molecule has 1 heterocycles. The number of amides is 1. The Morgan fingerprint density at radius 1 is 1.32 bits per heavy atom. The molecule has 2 aromatic rings. The zero-order valence-corrected chi connectivity index (χ0v) is 15.0. The van der Waals surface area contributed by atoms with Crippen molar-refractivity contribution in [2.75, 3.05) is 11.2 Å². The molecule has 0 aliphatic heterocycles. The van der Waals surface area contributed by atoms with Gasteiger partial charge in [-0.1, -0.05) is 54.9 Å². The summed E-state index contributed by atoms with van der Waals surface area (Å²) in [6.07, 6.45) is 4.59. The number of hydrazone groups is 1. The third kappa shape index (κ3) is 5.32. The highest BCUT2D eigenvalue weighted by atomic mass is 32.2. The first kappa shape index (κ1) is 17.5. The largest absolute Gasteiger partial charge is 0.353 e. The van der Waals surface area contributed by atoms with Crippen LogP contribution in [0.4, 0.5) is 5.95 Å². The van der Waals surface area contributed by atoms with E-state index >= 15 is 0 Å². The van der Waals surface area contributed by atoms with Crippen molar-refractivity contribution < 1.29 is 4.79 Å². The summed E-state index contributed by atoms with van der Waals surface area (Å²) in [5, 5.41) is 14.7. The van der Waals surface area contributed by atoms with Gasteiger partial charge in [-0.3, -0.25) is 4.79 Å². The van der Waals surface area contributed by atoms with Crippen LogP contribution >= 0.6 is 11.8 Å². The molecule has 25 heavy (non-hydrogen) atoms. The lowest BCUT2D eigenvalue weighted by Crippen LogP contribution is -2.33. The number of thioether (sulfide) groups is 1. The Morgan fingerprint density at radius 3 is 2.84 bits per heavy atom. The van der Waals surface area contributed by atoms with Gasteiger partial charge in [0.2, 0.25) is 17.0 Å². The molecule has 8 heteroatoms. The predicted octanol–water partition coefficient (Wildman–Crippen LogP) is 2.79. The number of nitrogens with one attached hydrogen (secondary N) is 3. The molecule has 1 aliphatic carbocycles. The van der Waals surface area contributed by atoms with Crippen LogP contribution in [0.1, 0.15) is 38.2 Å². The van der Waals surface area contributed by atoms with Gasteiger partial charge in [-0.05, 0) is 25.3 Å². The smallest absolute Gasteiger partial charge is 0.240 e. The second-order valence-electron chi connectivity index (χ2n) is 5.98. The molecule has 0 spiro atoms. The minimum atomic E-state index is 0.0363. The lowest BCUT2D eigenvalue weighted by Gasteiger charge is -2.10. The number of benzene rings is 1. The van der Waals surface area contributed by atoms with Gasteiger partial charge >= 0.3 is 0 Å². The SMILES string of the molecule is C/C(=N\Nc1nc(SCC(=O)NC2CCCC2)n[nH]1)c1ccccc1. The molecule has 1 aromatic heterocycles. The van der Waals surface area contributed by atoms with Gasteiger partial charge in [0.25, 0.3) is 0 Å². The number of hydrogen-bond acceptors (Lipinski definition) is 6. The van der Waals surface area contributed by atoms with E-state index in [2.05, 4.69) is 31.0 Å². The average molecular weight is 358 g/mol. The Morgan fingerprint density at radius 2 is 2.08 bits per heavy atom. The average Bonchev–Trinajstić information content (AvgIpc) is 3.30. The first-order chi connectivity index (χ1) is 12.2. The maximum absolute atomic E-state index is 11.9. The standard InChI is InChI=1S/C17H22N6OS/c1-12(13-7-3-2-4-8-13)20-21-16-19-17(23-22-16)25-11-15(24)18-14-9-5-6-10-14/h2-4,7-8,14H,5-6,9-11H2,1H3,(H,18,24)(H2,19,21,22,23)/b20-12+. The minimum absolute atomic E-state index is 0.0363. The van der Waals surface area contributed by atoms with E-state index in [1.54, 1.807) is 0 Å². The number of carbonyl (C=O) groups is 1. The molecule has 1 aromatic carbocycles. The van der Waals surface area contributed by atoms with Gasteiger partial charge in [-0.25, -0.2) is 10.5 Å². The van der Waals surface area contributed by atoms with E-state index in [1.165, 1.54) is 24.6 Å². The van der Waals surface area contributed by atoms with E-state index < -0.39 is 0 Å². The molecule has 3 N–H and O–H groups in total. The number of hydrogen-bond donors (Lipinski definition) is 3. The lowest BCUT2D eigenvalue weighted by atomic mass is 10.1. The van der Waals surface area contributed by atoms with Crippen molar-refractivity contribution in [3.63, 3.8) is 0 Å². The third-order valence-electron chi connectivity index (χ3n) is 4.04. The summed E-state index contributed by atoms with van der Waals surface area (Å²) in [5.74, 6) is 0.809. The van der Waals surface area contributed by atoms with Crippen molar-refractivity contribution in [3.8, 4) is 0 Å². The summed E-state index contributed by atoms with van der Waals surface area (Å²) in [5.41, 5.74) is 4.74. The van der Waals surface area contributed by atoms with Crippen molar-refractivity contribution >= 4 is 29.3 Å². The van der Waals surface area contributed by atoms with E-state index in [4.69, 9.17) is 0 Å². The molecule has 7 nitrogen and oxygen atoms in total. The summed E-state index contributed by atoms with van der Waals surface area (Å²) in [6.45, 7) is 1.92. The topological polar surface area (TPSA) is 95.1 Å². The molecule has 3 rings (SSSR count). The highest BCUT2D eigenvalue weighted by Crippen LogP contribution is 2.18. The van der Waals surface area contributed by atoms with Crippen LogP contribution in [0.25, 0.3) is 0 Å². The molecular weight excluding hydrogens is 336 g/mol. The van der Waals surface area contributed by atoms with Gasteiger partial charge in [0.15, 0.2) is 0 Å². The molecule has 1 saturated carbocycles. The summed E-state index contributed by atoms with van der Waals surface area (Å²) < 4.78 is 0. The van der Waals surface area contributed by atoms with Gasteiger partial charge < -0.3 is 5.32 Å². The Bertz CT molecular complexity index is 724. The van der Waals surface area contributed by atoms with Crippen molar-refractivity contribution in [1.82, 2.24) is 20.5 Å². The van der Waals surface area contributed by atoms with Crippen LogP contribution in [-0.4, -0.2) is 38.6 Å². The zero-order chi connectivity index (χ0) is 17.5. The first-order valence-corrected chi connectivity index (χ1v) is 9.39. The summed E-state index contributed by atoms with van der Waals surface area (Å²) in [4.78, 5) is 16.2. The Kier molecular flexibility index (Phi) is 6.05. The number of H-pyrrole nitrogens is 1. The summed E-state index contributed by atoms with van der Waals surface area (Å²) in [6, 6.07) is 10.2. The maximum Gasteiger partial charge on any atom is 0.240 e. The van der Waals surface area contributed by atoms with Crippen molar-refractivity contribution in [1.29, 1.82) is 0 Å². The Hall–Kier alpha value is -2.35. The van der Waals surface area contributed by atoms with Crippen LogP contribution in [0.5, 0.6) is 0 Å². The predicted molar refractivity (Wildman–Crippen MR) is 99.8 cm³/mol. The number of aromatic amines is 1. The highest BCUT2D eigenvalue weighted by Gasteiger charge is 2.17. The number of nitrogens with zero attached hydrogens (tertiary/aromatic N) is 3. The van der Waals surface area contributed by atoms with E-state index in [0.717, 1.165) is 24.1 Å². The molecule has 132 valence electrons. The molecular formula is C17H22N6OS. The van der Waals surface area contributed by atoms with E-state index in [-0.39, 0.29) is 5.91 Å². The first-order valence-electron chi connectivity index (χ1n) is 8.41. The quantitative estimate of drug-likeness (QED) is 0.402. The van der Waals surface area contributed by atoms with Gasteiger partial charge in [-0.2, -0.15) is 10.1 Å². The fraction of sp³-hybridized carbons (Fsp3) is 0.412. The van der Waals surface area contributed by atoms with E-state index in [9.17, 15) is 4.79 Å². The number of anilines is 1. The minimum Gasteiger partial charge on any atom is -0.353 e. The van der Waals surface area contributed by atoms with Gasteiger partial charge in [0, 0.05) is 6.04 Å². The Labute approximate surface area is 151 Å². The highest BCUT2D eigenvalue weighted by molar-refractivity contribution is 7.99. The fourth-order valence-corrected chi connectivity index (χ4v) is 3.32. The zero-order valence-electron chi connectivity index (χ0n) is 14.2. The van der Waals surface area contributed by atoms with Gasteiger partial charge in [0.05, 0.1) is 11.5 Å². The fourth-order valence-electron chi connectivity index (χ4n) is 2.71. The molecule has 0 radical (unpaired) electrons. The van der Waals surface area contributed by atoms with Crippen molar-refractivity contribution in [2.24, 2.45) is 5.10 Å². The van der Waals surface area contributed by atoms with E-state index in [0.29, 0.717) is 22.9 Å². The van der Waals surface area contributed by atoms with Crippen LogP contribution in [0.3, 0.4) is 0 Å². The summed E-state index contributed by atoms with van der Waals surface area (Å²) >= 11 is 1.31. The van der Waals surface area contributed by atoms with Crippen LogP contribution in [0, 0.1) is 0 Å². The lowest BCUT2D eigenvalue weighted by molar-refractivity contribution is -0.119.